The smallest absolute Gasteiger partial charge is 0.162 e. The summed E-state index contributed by atoms with van der Waals surface area (Å²) in [4.78, 5) is 0. The molecule has 5 heteroatoms. The van der Waals surface area contributed by atoms with E-state index in [1.807, 2.05) is 19.1 Å². The molecule has 6 rings (SSSR count). The molecule has 1 N–H and O–H groups in total. The van der Waals surface area contributed by atoms with E-state index in [1.165, 1.54) is 50.2 Å². The van der Waals surface area contributed by atoms with Crippen LogP contribution in [0.3, 0.4) is 0 Å². The van der Waals surface area contributed by atoms with Crippen LogP contribution in [0.25, 0.3) is 0 Å². The van der Waals surface area contributed by atoms with Gasteiger partial charge in [0.05, 0.1) is 6.61 Å². The van der Waals surface area contributed by atoms with Gasteiger partial charge in [0.15, 0.2) is 11.5 Å². The lowest BCUT2D eigenvalue weighted by Gasteiger charge is -2.57. The second-order valence-corrected chi connectivity index (χ2v) is 10.6. The Morgan fingerprint density at radius 3 is 2.26 bits per heavy atom. The molecule has 0 aliphatic heterocycles. The van der Waals surface area contributed by atoms with Gasteiger partial charge in [-0.2, -0.15) is 0 Å². The van der Waals surface area contributed by atoms with Gasteiger partial charge in [-0.25, -0.2) is 4.39 Å². The maximum Gasteiger partial charge on any atom is 0.162 e. The van der Waals surface area contributed by atoms with E-state index in [-0.39, 0.29) is 12.4 Å². The molecule has 0 amide bonds. The number of ether oxygens (including phenoxy) is 2. The summed E-state index contributed by atoms with van der Waals surface area (Å²) in [7, 11) is 0. The van der Waals surface area contributed by atoms with Gasteiger partial charge in [0.1, 0.15) is 12.4 Å². The molecule has 0 saturated heterocycles. The minimum atomic E-state index is -0.254. The van der Waals surface area contributed by atoms with Crippen molar-refractivity contribution in [2.24, 2.45) is 17.8 Å². The monoisotopic (exact) mass is 487 g/mol. The first-order valence-electron chi connectivity index (χ1n) is 11.6. The van der Waals surface area contributed by atoms with Gasteiger partial charge in [-0.15, -0.1) is 0 Å². The maximum absolute atomic E-state index is 14.0. The number of halogens is 2. The first-order chi connectivity index (χ1) is 15.0. The van der Waals surface area contributed by atoms with Crippen LogP contribution in [0.5, 0.6) is 11.5 Å². The van der Waals surface area contributed by atoms with E-state index in [9.17, 15) is 4.39 Å². The summed E-state index contributed by atoms with van der Waals surface area (Å²) >= 11 is 3.73. The predicted octanol–water partition coefficient (Wildman–Crippen LogP) is 6.62. The molecule has 4 fully saturated rings. The van der Waals surface area contributed by atoms with Crippen molar-refractivity contribution in [3.63, 3.8) is 0 Å². The minimum absolute atomic E-state index is 0.171. The molecule has 2 aromatic rings. The van der Waals surface area contributed by atoms with Gasteiger partial charge < -0.3 is 14.8 Å². The van der Waals surface area contributed by atoms with Crippen LogP contribution >= 0.6 is 15.9 Å². The zero-order valence-corrected chi connectivity index (χ0v) is 19.7. The third-order valence-corrected chi connectivity index (χ3v) is 8.18. The minimum Gasteiger partial charge on any atom is -0.490 e. The number of hydrogen-bond donors (Lipinski definition) is 1. The number of rotatable bonds is 8. The van der Waals surface area contributed by atoms with Crippen molar-refractivity contribution in [3.8, 4) is 11.5 Å². The summed E-state index contributed by atoms with van der Waals surface area (Å²) < 4.78 is 26.8. The maximum atomic E-state index is 14.0. The van der Waals surface area contributed by atoms with Crippen molar-refractivity contribution >= 4 is 15.9 Å². The Morgan fingerprint density at radius 1 is 0.968 bits per heavy atom. The van der Waals surface area contributed by atoms with E-state index in [4.69, 9.17) is 9.47 Å². The summed E-state index contributed by atoms with van der Waals surface area (Å²) in [5, 5.41) is 3.96. The number of nitrogens with one attached hydrogen (secondary N) is 1. The molecule has 0 heterocycles. The lowest BCUT2D eigenvalue weighted by molar-refractivity contribution is -0.0206. The van der Waals surface area contributed by atoms with Gasteiger partial charge in [-0.05, 0) is 87.0 Å². The second kappa shape index (κ2) is 8.74. The molecule has 0 radical (unpaired) electrons. The summed E-state index contributed by atoms with van der Waals surface area (Å²) in [6.45, 7) is 3.51. The Labute approximate surface area is 192 Å². The fourth-order valence-corrected chi connectivity index (χ4v) is 6.94. The van der Waals surface area contributed by atoms with Crippen LogP contribution in [0, 0.1) is 23.6 Å². The summed E-state index contributed by atoms with van der Waals surface area (Å²) in [5.74, 6) is 3.87. The van der Waals surface area contributed by atoms with Crippen LogP contribution in [0.4, 0.5) is 4.39 Å². The summed E-state index contributed by atoms with van der Waals surface area (Å²) in [5.41, 5.74) is 2.03. The molecular weight excluding hydrogens is 457 g/mol. The zero-order chi connectivity index (χ0) is 21.4. The van der Waals surface area contributed by atoms with Gasteiger partial charge in [0, 0.05) is 22.1 Å². The topological polar surface area (TPSA) is 30.5 Å². The van der Waals surface area contributed by atoms with Crippen molar-refractivity contribution in [2.75, 3.05) is 6.61 Å². The fraction of sp³-hybridized carbons (Fsp3) is 0.538. The molecule has 3 nitrogen and oxygen atoms in total. The van der Waals surface area contributed by atoms with E-state index in [0.29, 0.717) is 29.2 Å². The molecule has 166 valence electrons. The largest absolute Gasteiger partial charge is 0.490 e. The molecule has 4 bridgehead atoms. The molecule has 0 atom stereocenters. The Morgan fingerprint density at radius 2 is 1.61 bits per heavy atom. The van der Waals surface area contributed by atoms with Gasteiger partial charge in [-0.1, -0.05) is 34.1 Å². The van der Waals surface area contributed by atoms with Crippen molar-refractivity contribution in [2.45, 2.75) is 64.1 Å². The van der Waals surface area contributed by atoms with Crippen LogP contribution in [0.15, 0.2) is 40.9 Å². The number of hydrogen-bond acceptors (Lipinski definition) is 3. The van der Waals surface area contributed by atoms with E-state index >= 15 is 0 Å². The summed E-state index contributed by atoms with van der Waals surface area (Å²) in [6, 6.07) is 10.7. The zero-order valence-electron chi connectivity index (χ0n) is 18.1. The molecule has 2 aromatic carbocycles. The van der Waals surface area contributed by atoms with Crippen molar-refractivity contribution in [3.05, 3.63) is 57.8 Å². The molecule has 4 saturated carbocycles. The van der Waals surface area contributed by atoms with Gasteiger partial charge >= 0.3 is 0 Å². The first-order valence-corrected chi connectivity index (χ1v) is 12.4. The highest BCUT2D eigenvalue weighted by Crippen LogP contribution is 2.55. The van der Waals surface area contributed by atoms with E-state index in [1.54, 1.807) is 12.1 Å². The van der Waals surface area contributed by atoms with Crippen LogP contribution in [0.1, 0.15) is 56.6 Å². The molecule has 0 unspecified atom stereocenters. The molecular formula is C26H31BrFNO2. The van der Waals surface area contributed by atoms with Gasteiger partial charge in [0.25, 0.3) is 0 Å². The highest BCUT2D eigenvalue weighted by Gasteiger charge is 2.50. The quantitative estimate of drug-likeness (QED) is 0.453. The fourth-order valence-electron chi connectivity index (χ4n) is 6.47. The standard InChI is InChI=1S/C26H31BrFNO2/c1-2-30-24-10-21(15-29-26-12-17-7-18(13-26)9-19(8-17)14-26)22(27)11-25(24)31-16-20-5-3-4-6-23(20)28/h3-6,10-11,17-19,29H,2,7-9,12-16H2,1H3. The molecule has 0 aromatic heterocycles. The third kappa shape index (κ3) is 4.49. The first kappa shape index (κ1) is 21.3. The Bertz CT molecular complexity index is 912. The third-order valence-electron chi connectivity index (χ3n) is 7.45. The second-order valence-electron chi connectivity index (χ2n) is 9.75. The lowest BCUT2D eigenvalue weighted by atomic mass is 9.53. The Kier molecular flexibility index (Phi) is 6.00. The number of benzene rings is 2. The molecule has 4 aliphatic rings. The van der Waals surface area contributed by atoms with Crippen LogP contribution in [0.2, 0.25) is 0 Å². The van der Waals surface area contributed by atoms with E-state index < -0.39 is 0 Å². The van der Waals surface area contributed by atoms with E-state index in [0.717, 1.165) is 28.8 Å². The summed E-state index contributed by atoms with van der Waals surface area (Å²) in [6.07, 6.45) is 8.35. The SMILES string of the molecule is CCOc1cc(CNC23CC4CC(CC(C4)C2)C3)c(Br)cc1OCc1ccccc1F. The van der Waals surface area contributed by atoms with Crippen molar-refractivity contribution in [1.29, 1.82) is 0 Å². The van der Waals surface area contributed by atoms with Crippen LogP contribution < -0.4 is 14.8 Å². The predicted molar refractivity (Wildman–Crippen MR) is 124 cm³/mol. The highest BCUT2D eigenvalue weighted by atomic mass is 79.9. The van der Waals surface area contributed by atoms with Crippen LogP contribution in [-0.2, 0) is 13.2 Å². The van der Waals surface area contributed by atoms with Gasteiger partial charge in [0.2, 0.25) is 0 Å². The molecule has 31 heavy (non-hydrogen) atoms. The van der Waals surface area contributed by atoms with Crippen molar-refractivity contribution < 1.29 is 13.9 Å². The molecule has 4 aliphatic carbocycles. The average Bonchev–Trinajstić information content (AvgIpc) is 2.73. The van der Waals surface area contributed by atoms with Gasteiger partial charge in [-0.3, -0.25) is 0 Å². The lowest BCUT2D eigenvalue weighted by Crippen LogP contribution is -2.58. The normalized spacial score (nSPS) is 28.7. The highest BCUT2D eigenvalue weighted by molar-refractivity contribution is 9.10. The average molecular weight is 488 g/mol. The van der Waals surface area contributed by atoms with Crippen molar-refractivity contribution in [1.82, 2.24) is 5.32 Å². The Balaban J connectivity index is 1.30. The van der Waals surface area contributed by atoms with E-state index in [2.05, 4.69) is 27.3 Å². The van der Waals surface area contributed by atoms with Crippen LogP contribution in [-0.4, -0.2) is 12.1 Å². The molecule has 0 spiro atoms. The Hall–Kier alpha value is -1.59.